The number of carboxylic acid groups (broad SMARTS) is 1. The highest BCUT2D eigenvalue weighted by Gasteiger charge is 2.28. The Hall–Kier alpha value is -2.31. The van der Waals surface area contributed by atoms with Crippen LogP contribution in [0.4, 0.5) is 9.18 Å². The van der Waals surface area contributed by atoms with E-state index >= 15 is 0 Å². The first kappa shape index (κ1) is 16.1. The predicted molar refractivity (Wildman–Crippen MR) is 75.5 cm³/mol. The maximum absolute atomic E-state index is 14.3. The molecule has 0 aromatic heterocycles. The molecular formula is C15H18FNO5. The van der Waals surface area contributed by atoms with Gasteiger partial charge in [0, 0.05) is 0 Å². The van der Waals surface area contributed by atoms with Crippen molar-refractivity contribution in [3.8, 4) is 5.75 Å². The number of hydrogen-bond acceptors (Lipinski definition) is 4. The van der Waals surface area contributed by atoms with E-state index in [2.05, 4.69) is 0 Å². The van der Waals surface area contributed by atoms with Crippen LogP contribution < -0.4 is 4.74 Å². The zero-order valence-electron chi connectivity index (χ0n) is 12.7. The average Bonchev–Trinajstić information content (AvgIpc) is 2.59. The van der Waals surface area contributed by atoms with Crippen LogP contribution in [-0.2, 0) is 11.3 Å². The molecule has 0 radical (unpaired) electrons. The maximum Gasteiger partial charge on any atom is 0.410 e. The van der Waals surface area contributed by atoms with E-state index in [1.807, 2.05) is 0 Å². The SMILES string of the molecule is CC(C)(C)OC(=O)N1CCOc2ccc(C(=O)O)c(F)c2C1. The first-order valence-electron chi connectivity index (χ1n) is 6.84. The molecule has 1 N–H and O–H groups in total. The maximum atomic E-state index is 14.3. The number of carboxylic acids is 1. The topological polar surface area (TPSA) is 76.1 Å². The summed E-state index contributed by atoms with van der Waals surface area (Å²) in [6.45, 7) is 5.50. The van der Waals surface area contributed by atoms with Gasteiger partial charge >= 0.3 is 12.1 Å². The van der Waals surface area contributed by atoms with Gasteiger partial charge in [0.2, 0.25) is 0 Å². The molecule has 1 aromatic rings. The summed E-state index contributed by atoms with van der Waals surface area (Å²) in [5, 5.41) is 8.98. The van der Waals surface area contributed by atoms with Gasteiger partial charge in [-0.3, -0.25) is 0 Å². The Balaban J connectivity index is 2.31. The van der Waals surface area contributed by atoms with E-state index in [4.69, 9.17) is 14.6 Å². The summed E-state index contributed by atoms with van der Waals surface area (Å²) in [5.74, 6) is -2.01. The van der Waals surface area contributed by atoms with E-state index in [1.165, 1.54) is 11.0 Å². The van der Waals surface area contributed by atoms with Crippen molar-refractivity contribution in [2.45, 2.75) is 32.9 Å². The first-order valence-corrected chi connectivity index (χ1v) is 6.84. The second-order valence-electron chi connectivity index (χ2n) is 5.96. The largest absolute Gasteiger partial charge is 0.491 e. The van der Waals surface area contributed by atoms with Crippen molar-refractivity contribution in [2.24, 2.45) is 0 Å². The molecule has 0 atom stereocenters. The quantitative estimate of drug-likeness (QED) is 0.863. The Morgan fingerprint density at radius 2 is 2.05 bits per heavy atom. The van der Waals surface area contributed by atoms with Crippen LogP contribution in [0.2, 0.25) is 0 Å². The van der Waals surface area contributed by atoms with E-state index in [1.54, 1.807) is 20.8 Å². The van der Waals surface area contributed by atoms with Gasteiger partial charge in [-0.05, 0) is 32.9 Å². The Bertz CT molecular complexity index is 609. The molecule has 0 unspecified atom stereocenters. The van der Waals surface area contributed by atoms with E-state index in [0.717, 1.165) is 6.07 Å². The van der Waals surface area contributed by atoms with E-state index in [0.29, 0.717) is 0 Å². The van der Waals surface area contributed by atoms with Crippen molar-refractivity contribution < 1.29 is 28.6 Å². The number of carbonyl (C=O) groups is 2. The van der Waals surface area contributed by atoms with Gasteiger partial charge in [0.25, 0.3) is 0 Å². The minimum Gasteiger partial charge on any atom is -0.491 e. The molecule has 0 saturated carbocycles. The van der Waals surface area contributed by atoms with Crippen LogP contribution in [0.25, 0.3) is 0 Å². The zero-order chi connectivity index (χ0) is 16.5. The smallest absolute Gasteiger partial charge is 0.410 e. The third-order valence-electron chi connectivity index (χ3n) is 3.05. The van der Waals surface area contributed by atoms with E-state index in [-0.39, 0.29) is 31.0 Å². The van der Waals surface area contributed by atoms with Gasteiger partial charge in [-0.15, -0.1) is 0 Å². The lowest BCUT2D eigenvalue weighted by molar-refractivity contribution is 0.0224. The van der Waals surface area contributed by atoms with Gasteiger partial charge < -0.3 is 19.5 Å². The summed E-state index contributed by atoms with van der Waals surface area (Å²) in [6.07, 6.45) is -0.593. The lowest BCUT2D eigenvalue weighted by atomic mass is 10.1. The number of amides is 1. The molecule has 0 bridgehead atoms. The molecule has 0 aliphatic carbocycles. The molecule has 6 nitrogen and oxygen atoms in total. The van der Waals surface area contributed by atoms with Gasteiger partial charge in [-0.1, -0.05) is 0 Å². The number of benzene rings is 1. The molecule has 1 aliphatic heterocycles. The van der Waals surface area contributed by atoms with Gasteiger partial charge in [0.1, 0.15) is 23.8 Å². The van der Waals surface area contributed by atoms with Crippen LogP contribution in [0.5, 0.6) is 5.75 Å². The third kappa shape index (κ3) is 3.47. The predicted octanol–water partition coefficient (Wildman–Crippen LogP) is 2.65. The van der Waals surface area contributed by atoms with Crippen LogP contribution in [0.1, 0.15) is 36.7 Å². The van der Waals surface area contributed by atoms with Crippen LogP contribution in [0.3, 0.4) is 0 Å². The summed E-state index contributed by atoms with van der Waals surface area (Å²) >= 11 is 0. The van der Waals surface area contributed by atoms with Gasteiger partial charge in [-0.25, -0.2) is 14.0 Å². The molecule has 7 heteroatoms. The van der Waals surface area contributed by atoms with Crippen molar-refractivity contribution in [2.75, 3.05) is 13.2 Å². The minimum absolute atomic E-state index is 0.0447. The summed E-state index contributed by atoms with van der Waals surface area (Å²) in [7, 11) is 0. The lowest BCUT2D eigenvalue weighted by Crippen LogP contribution is -2.37. The standard InChI is InChI=1S/C15H18FNO5/c1-15(2,3)22-14(20)17-6-7-21-11-5-4-9(13(18)19)12(16)10(11)8-17/h4-5H,6-8H2,1-3H3,(H,18,19). The molecular weight excluding hydrogens is 293 g/mol. The number of carbonyl (C=O) groups excluding carboxylic acids is 1. The molecule has 1 aliphatic rings. The Labute approximate surface area is 127 Å². The van der Waals surface area contributed by atoms with E-state index in [9.17, 15) is 14.0 Å². The number of nitrogens with zero attached hydrogens (tertiary/aromatic N) is 1. The third-order valence-corrected chi connectivity index (χ3v) is 3.05. The first-order chi connectivity index (χ1) is 10.2. The Morgan fingerprint density at radius 1 is 1.36 bits per heavy atom. The molecule has 1 heterocycles. The van der Waals surface area contributed by atoms with Gasteiger partial charge in [-0.2, -0.15) is 0 Å². The van der Waals surface area contributed by atoms with Crippen molar-refractivity contribution in [3.05, 3.63) is 29.1 Å². The monoisotopic (exact) mass is 311 g/mol. The number of fused-ring (bicyclic) bond motifs is 1. The minimum atomic E-state index is -1.37. The molecule has 0 spiro atoms. The fraction of sp³-hybridized carbons (Fsp3) is 0.467. The number of aromatic carboxylic acids is 1. The van der Waals surface area contributed by atoms with Crippen LogP contribution in [0.15, 0.2) is 12.1 Å². The fourth-order valence-electron chi connectivity index (χ4n) is 2.07. The molecule has 0 saturated heterocycles. The van der Waals surface area contributed by atoms with E-state index < -0.39 is 29.0 Å². The molecule has 22 heavy (non-hydrogen) atoms. The summed E-state index contributed by atoms with van der Waals surface area (Å²) in [6, 6.07) is 2.56. The van der Waals surface area contributed by atoms with Crippen molar-refractivity contribution >= 4 is 12.1 Å². The van der Waals surface area contributed by atoms with Crippen LogP contribution >= 0.6 is 0 Å². The molecule has 2 rings (SSSR count). The molecule has 120 valence electrons. The molecule has 1 aromatic carbocycles. The zero-order valence-corrected chi connectivity index (χ0v) is 12.7. The number of halogens is 1. The highest BCUT2D eigenvalue weighted by atomic mass is 19.1. The Morgan fingerprint density at radius 3 is 2.64 bits per heavy atom. The summed E-state index contributed by atoms with van der Waals surface area (Å²) in [5.41, 5.74) is -1.08. The fourth-order valence-corrected chi connectivity index (χ4v) is 2.07. The molecule has 1 amide bonds. The normalized spacial score (nSPS) is 14.6. The van der Waals surface area contributed by atoms with Gasteiger partial charge in [0.05, 0.1) is 24.2 Å². The number of rotatable bonds is 1. The van der Waals surface area contributed by atoms with Crippen molar-refractivity contribution in [1.29, 1.82) is 0 Å². The number of ether oxygens (including phenoxy) is 2. The average molecular weight is 311 g/mol. The summed E-state index contributed by atoms with van der Waals surface area (Å²) < 4.78 is 25.0. The van der Waals surface area contributed by atoms with Crippen molar-refractivity contribution in [1.82, 2.24) is 4.90 Å². The summed E-state index contributed by atoms with van der Waals surface area (Å²) in [4.78, 5) is 24.4. The van der Waals surface area contributed by atoms with Crippen molar-refractivity contribution in [3.63, 3.8) is 0 Å². The second kappa shape index (κ2) is 5.82. The number of hydrogen-bond donors (Lipinski definition) is 1. The van der Waals surface area contributed by atoms with Crippen LogP contribution in [-0.4, -0.2) is 40.8 Å². The van der Waals surface area contributed by atoms with Crippen LogP contribution in [0, 0.1) is 5.82 Å². The Kier molecular flexibility index (Phi) is 4.25. The highest BCUT2D eigenvalue weighted by molar-refractivity contribution is 5.88. The van der Waals surface area contributed by atoms with Gasteiger partial charge in [0.15, 0.2) is 0 Å². The second-order valence-corrected chi connectivity index (χ2v) is 5.96. The lowest BCUT2D eigenvalue weighted by Gasteiger charge is -2.26. The molecule has 0 fully saturated rings. The highest BCUT2D eigenvalue weighted by Crippen LogP contribution is 2.28.